The van der Waals surface area contributed by atoms with Crippen LogP contribution in [0.3, 0.4) is 0 Å². The molecule has 55 heavy (non-hydrogen) atoms. The van der Waals surface area contributed by atoms with Gasteiger partial charge in [0.15, 0.2) is 0 Å². The summed E-state index contributed by atoms with van der Waals surface area (Å²) < 4.78 is 40.0. The van der Waals surface area contributed by atoms with Gasteiger partial charge in [-0.2, -0.15) is 0 Å². The molecule has 6 rings (SSSR count). The molecule has 1 N–H and O–H groups in total. The third kappa shape index (κ3) is 14.8. The van der Waals surface area contributed by atoms with Crippen LogP contribution in [0, 0.1) is 0 Å². The largest absolute Gasteiger partial charge is 0.448 e. The summed E-state index contributed by atoms with van der Waals surface area (Å²) in [5, 5.41) is 10.5. The Morgan fingerprint density at radius 2 is 0.764 bits per heavy atom. The van der Waals surface area contributed by atoms with Gasteiger partial charge < -0.3 is 18.1 Å². The second-order valence-corrected chi connectivity index (χ2v) is 15.6. The fourth-order valence-electron chi connectivity index (χ4n) is 4.77. The zero-order valence-corrected chi connectivity index (χ0v) is 30.9. The maximum atomic E-state index is 7.32. The van der Waals surface area contributed by atoms with Gasteiger partial charge in [-0.3, -0.25) is 0 Å². The zero-order chi connectivity index (χ0) is 35.8. The first-order chi connectivity index (χ1) is 24.9. The first-order valence-corrected chi connectivity index (χ1v) is 20.5. The van der Waals surface area contributed by atoms with Crippen molar-refractivity contribution < 1.29 is 32.7 Å². The van der Waals surface area contributed by atoms with Crippen molar-refractivity contribution in [3.05, 3.63) is 170 Å². The van der Waals surface area contributed by atoms with E-state index >= 15 is 0 Å². The molecule has 0 aromatic heterocycles. The van der Waals surface area contributed by atoms with Crippen LogP contribution in [0.2, 0.25) is 0 Å². The van der Waals surface area contributed by atoms with Gasteiger partial charge in [-0.05, 0) is 70.8 Å². The number of nitrogens with zero attached hydrogens (tertiary/aromatic N) is 2. The van der Waals surface area contributed by atoms with Gasteiger partial charge in [0, 0.05) is 32.0 Å². The Balaban J connectivity index is 0.00000158. The van der Waals surface area contributed by atoms with Gasteiger partial charge in [-0.25, -0.2) is 10.0 Å². The highest BCUT2D eigenvalue weighted by Gasteiger charge is 2.32. The summed E-state index contributed by atoms with van der Waals surface area (Å²) in [5.41, 5.74) is 4.38. The molecule has 0 heterocycles. The number of rotatable bonds is 13. The Morgan fingerprint density at radius 3 is 1.09 bits per heavy atom. The van der Waals surface area contributed by atoms with Gasteiger partial charge in [0.05, 0.1) is 0 Å². The average molecular weight is 805 g/mol. The lowest BCUT2D eigenvalue weighted by atomic mass is 10.1. The van der Waals surface area contributed by atoms with E-state index in [0.29, 0.717) is 23.0 Å². The number of hydrogen-bond acceptors (Lipinski definition) is 9. The molecule has 0 fully saturated rings. The molecule has 2 atom stereocenters. The van der Waals surface area contributed by atoms with Crippen LogP contribution >= 0.6 is 27.2 Å². The molecule has 6 aromatic carbocycles. The highest BCUT2D eigenvalue weighted by molar-refractivity contribution is 7.93. The Hall–Kier alpha value is -4.79. The zero-order valence-electron chi connectivity index (χ0n) is 28.3. The number of hydrogen-bond donors (Lipinski definition) is 1. The molecule has 0 spiro atoms. The van der Waals surface area contributed by atoms with Crippen LogP contribution < -0.4 is 18.1 Å². The molecule has 0 aliphatic heterocycles. The number of benzene rings is 6. The first-order valence-electron chi connectivity index (χ1n) is 15.8. The molecule has 0 aliphatic rings. The molecule has 0 bridgehead atoms. The van der Waals surface area contributed by atoms with Gasteiger partial charge in [-0.1, -0.05) is 156 Å². The Bertz CT molecular complexity index is 2020. The predicted molar refractivity (Wildman–Crippen MR) is 235 cm³/mol. The molecule has 0 amide bonds. The van der Waals surface area contributed by atoms with E-state index in [-0.39, 0.29) is 29.7 Å². The summed E-state index contributed by atoms with van der Waals surface area (Å²) in [6, 6.07) is 55.0. The fraction of sp³-hybridized carbons (Fsp3) is 0.163. The second kappa shape index (κ2) is 24.6. The fourth-order valence-corrected chi connectivity index (χ4v) is 9.44. The molecule has 0 saturated heterocycles. The summed E-state index contributed by atoms with van der Waals surface area (Å²) >= 11 is 0.929. The molecule has 0 saturated carbocycles. The highest BCUT2D eigenvalue weighted by atomic mass is 32.2. The average Bonchev–Trinajstić information content (AvgIpc) is 3.17. The molecular formula is C43H54N2O7P2S. The summed E-state index contributed by atoms with van der Waals surface area (Å²) in [6.45, 7) is 1.85. The van der Waals surface area contributed by atoms with E-state index in [1.54, 1.807) is 13.3 Å². The minimum absolute atomic E-state index is 0. The molecular weight excluding hydrogens is 750 g/mol. The van der Waals surface area contributed by atoms with E-state index < -0.39 is 15.2 Å². The van der Waals surface area contributed by atoms with Gasteiger partial charge in [0.2, 0.25) is 0 Å². The monoisotopic (exact) mass is 804 g/mol. The topological polar surface area (TPSA) is 100 Å². The van der Waals surface area contributed by atoms with E-state index in [1.165, 1.54) is 0 Å². The Kier molecular flexibility index (Phi) is 21.6. The number of para-hydroxylation sites is 2. The Labute approximate surface area is 332 Å². The third-order valence-electron chi connectivity index (χ3n) is 7.03. The second-order valence-electron chi connectivity index (χ2n) is 10.7. The van der Waals surface area contributed by atoms with Crippen molar-refractivity contribution in [2.24, 2.45) is 9.26 Å². The van der Waals surface area contributed by atoms with Crippen molar-refractivity contribution in [2.45, 2.75) is 29.7 Å². The van der Waals surface area contributed by atoms with Gasteiger partial charge >= 0.3 is 15.2 Å². The standard InChI is InChI=1S/C38H34N2O4P2.CH4O3S.4CH4/c1-39-46(43-36-21-13-6-14-22-36,44-38-29-25-34(26-30-38)32-17-9-4-10-18-32)40-45(2,41-35-19-11-5-12-20-35)42-37-27-23-33(24-28-37)31-15-7-3-8-16-31;1-5-4-3-2;;;;/h3-30H,1-2H3;2H,1H3;4*1H4. The normalized spacial score (nSPS) is 11.9. The molecule has 2 unspecified atom stereocenters. The van der Waals surface area contributed by atoms with E-state index in [9.17, 15) is 0 Å². The van der Waals surface area contributed by atoms with Crippen molar-refractivity contribution in [2.75, 3.05) is 20.0 Å². The summed E-state index contributed by atoms with van der Waals surface area (Å²) in [7, 11) is -4.90. The van der Waals surface area contributed by atoms with Crippen LogP contribution in [0.1, 0.15) is 29.7 Å². The van der Waals surface area contributed by atoms with Crippen molar-refractivity contribution in [1.29, 1.82) is 0 Å². The molecule has 294 valence electrons. The molecule has 0 aliphatic carbocycles. The van der Waals surface area contributed by atoms with Gasteiger partial charge in [0.25, 0.3) is 0 Å². The lowest BCUT2D eigenvalue weighted by Gasteiger charge is -2.27. The van der Waals surface area contributed by atoms with Crippen LogP contribution in [0.25, 0.3) is 22.3 Å². The van der Waals surface area contributed by atoms with E-state index in [2.05, 4.69) is 38.4 Å². The highest BCUT2D eigenvalue weighted by Crippen LogP contribution is 2.63. The van der Waals surface area contributed by atoms with E-state index in [0.717, 1.165) is 34.3 Å². The summed E-state index contributed by atoms with van der Waals surface area (Å²) in [4.78, 5) is 0. The minimum atomic E-state index is -3.41. The lowest BCUT2D eigenvalue weighted by Crippen LogP contribution is -2.05. The van der Waals surface area contributed by atoms with Crippen molar-refractivity contribution >= 4 is 27.2 Å². The molecule has 12 heteroatoms. The van der Waals surface area contributed by atoms with Crippen LogP contribution in [0.4, 0.5) is 0 Å². The van der Waals surface area contributed by atoms with E-state index in [4.69, 9.17) is 27.9 Å². The summed E-state index contributed by atoms with van der Waals surface area (Å²) in [6.07, 6.45) is 1.62. The van der Waals surface area contributed by atoms with Crippen LogP contribution in [-0.4, -0.2) is 25.2 Å². The summed E-state index contributed by atoms with van der Waals surface area (Å²) in [5.74, 6) is 2.36. The smallest absolute Gasteiger partial charge is 0.430 e. The van der Waals surface area contributed by atoms with Crippen LogP contribution in [0.15, 0.2) is 179 Å². The third-order valence-corrected chi connectivity index (χ3v) is 11.9. The van der Waals surface area contributed by atoms with Crippen molar-refractivity contribution in [3.8, 4) is 45.3 Å². The van der Waals surface area contributed by atoms with Crippen LogP contribution in [-0.2, 0) is 9.37 Å². The van der Waals surface area contributed by atoms with Crippen LogP contribution in [0.5, 0.6) is 23.0 Å². The Morgan fingerprint density at radius 1 is 0.455 bits per heavy atom. The van der Waals surface area contributed by atoms with Crippen molar-refractivity contribution in [3.63, 3.8) is 0 Å². The molecule has 9 nitrogen and oxygen atoms in total. The SMILES string of the molecule is C.C.C.C.CN=P(N=P(C)(Oc1ccccc1)Oc1ccc(-c2ccccc2)cc1)(Oc1ccccc1)Oc1ccc(-c2ccccc2)cc1.CSOOO. The lowest BCUT2D eigenvalue weighted by molar-refractivity contribution is -0.432. The van der Waals surface area contributed by atoms with Gasteiger partial charge in [0.1, 0.15) is 23.0 Å². The molecule has 0 radical (unpaired) electrons. The maximum absolute atomic E-state index is 7.32. The quantitative estimate of drug-likeness (QED) is 0.0533. The van der Waals surface area contributed by atoms with Crippen molar-refractivity contribution in [1.82, 2.24) is 0 Å². The predicted octanol–water partition coefficient (Wildman–Crippen LogP) is 15.1. The first kappa shape index (κ1) is 48.2. The molecule has 6 aromatic rings. The van der Waals surface area contributed by atoms with Gasteiger partial charge in [-0.15, -0.1) is 8.85 Å². The maximum Gasteiger partial charge on any atom is 0.448 e. The minimum Gasteiger partial charge on any atom is -0.430 e. The van der Waals surface area contributed by atoms with E-state index in [1.807, 2.05) is 152 Å².